The highest BCUT2D eigenvalue weighted by Gasteiger charge is 1.97. The second-order valence-electron chi connectivity index (χ2n) is 4.03. The van der Waals surface area contributed by atoms with E-state index in [1.807, 2.05) is 24.3 Å². The fraction of sp³-hybridized carbons (Fsp3) is 0.200. The van der Waals surface area contributed by atoms with Crippen LogP contribution < -0.4 is 10.5 Å². The number of hydrogen-bond acceptors (Lipinski definition) is 2. The van der Waals surface area contributed by atoms with Crippen LogP contribution in [0.5, 0.6) is 5.75 Å². The Morgan fingerprint density at radius 3 is 2.35 bits per heavy atom. The van der Waals surface area contributed by atoms with E-state index in [1.54, 1.807) is 0 Å². The Morgan fingerprint density at radius 2 is 1.71 bits per heavy atom. The van der Waals surface area contributed by atoms with Crippen LogP contribution in [-0.2, 0) is 13.0 Å². The minimum atomic E-state index is 0.577. The van der Waals surface area contributed by atoms with Crippen molar-refractivity contribution in [2.45, 2.75) is 20.0 Å². The van der Waals surface area contributed by atoms with Gasteiger partial charge >= 0.3 is 0 Å². The first-order valence-electron chi connectivity index (χ1n) is 5.84. The van der Waals surface area contributed by atoms with Gasteiger partial charge in [0.05, 0.1) is 0 Å². The Morgan fingerprint density at radius 1 is 1.00 bits per heavy atom. The number of ether oxygens (including phenoxy) is 1. The highest BCUT2D eigenvalue weighted by atomic mass is 16.5. The van der Waals surface area contributed by atoms with Crippen molar-refractivity contribution in [1.82, 2.24) is 0 Å². The zero-order valence-electron chi connectivity index (χ0n) is 10.0. The molecule has 0 unspecified atom stereocenters. The largest absolute Gasteiger partial charge is 0.489 e. The predicted molar refractivity (Wildman–Crippen MR) is 71.0 cm³/mol. The maximum absolute atomic E-state index is 5.69. The van der Waals surface area contributed by atoms with Crippen LogP contribution in [0.15, 0.2) is 48.5 Å². The number of rotatable bonds is 4. The molecule has 2 N–H and O–H groups in total. The molecule has 0 atom stereocenters. The number of hydrogen-bond donors (Lipinski definition) is 1. The van der Waals surface area contributed by atoms with E-state index in [2.05, 4.69) is 31.2 Å². The van der Waals surface area contributed by atoms with Crippen molar-refractivity contribution in [2.75, 3.05) is 5.73 Å². The fourth-order valence-electron chi connectivity index (χ4n) is 1.64. The van der Waals surface area contributed by atoms with Gasteiger partial charge in [-0.3, -0.25) is 0 Å². The molecular formula is C15H17NO. The average molecular weight is 227 g/mol. The second kappa shape index (κ2) is 5.39. The zero-order valence-corrected chi connectivity index (χ0v) is 10.0. The van der Waals surface area contributed by atoms with Gasteiger partial charge in [0.15, 0.2) is 0 Å². The van der Waals surface area contributed by atoms with Crippen molar-refractivity contribution >= 4 is 5.69 Å². The molecule has 0 aliphatic carbocycles. The molecule has 0 heterocycles. The molecule has 88 valence electrons. The molecular weight excluding hydrogens is 210 g/mol. The molecule has 0 fully saturated rings. The van der Waals surface area contributed by atoms with E-state index in [4.69, 9.17) is 10.5 Å². The van der Waals surface area contributed by atoms with Gasteiger partial charge in [-0.05, 0) is 29.7 Å². The van der Waals surface area contributed by atoms with E-state index in [1.165, 1.54) is 11.1 Å². The van der Waals surface area contributed by atoms with E-state index in [9.17, 15) is 0 Å². The standard InChI is InChI=1S/C15H17NO/c1-2-12-6-8-13(9-7-12)11-17-15-5-3-4-14(16)10-15/h3-10H,2,11,16H2,1H3. The van der Waals surface area contributed by atoms with Crippen molar-refractivity contribution < 1.29 is 4.74 Å². The van der Waals surface area contributed by atoms with Gasteiger partial charge in [0.1, 0.15) is 12.4 Å². The van der Waals surface area contributed by atoms with Crippen molar-refractivity contribution in [2.24, 2.45) is 0 Å². The van der Waals surface area contributed by atoms with Crippen molar-refractivity contribution in [3.8, 4) is 5.75 Å². The summed E-state index contributed by atoms with van der Waals surface area (Å²) in [6.07, 6.45) is 1.07. The van der Waals surface area contributed by atoms with Gasteiger partial charge in [-0.25, -0.2) is 0 Å². The highest BCUT2D eigenvalue weighted by Crippen LogP contribution is 2.16. The van der Waals surface area contributed by atoms with Crippen LogP contribution >= 0.6 is 0 Å². The first kappa shape index (κ1) is 11.5. The Hall–Kier alpha value is -1.96. The molecule has 2 heteroatoms. The van der Waals surface area contributed by atoms with Crippen LogP contribution in [0.4, 0.5) is 5.69 Å². The monoisotopic (exact) mass is 227 g/mol. The van der Waals surface area contributed by atoms with E-state index >= 15 is 0 Å². The molecule has 0 saturated carbocycles. The lowest BCUT2D eigenvalue weighted by Gasteiger charge is -2.07. The van der Waals surface area contributed by atoms with E-state index in [0.29, 0.717) is 6.61 Å². The maximum Gasteiger partial charge on any atom is 0.121 e. The summed E-state index contributed by atoms with van der Waals surface area (Å²) >= 11 is 0. The highest BCUT2D eigenvalue weighted by molar-refractivity contribution is 5.43. The van der Waals surface area contributed by atoms with Crippen LogP contribution in [0.3, 0.4) is 0 Å². The molecule has 2 aromatic rings. The van der Waals surface area contributed by atoms with Crippen molar-refractivity contribution in [3.63, 3.8) is 0 Å². The molecule has 2 nitrogen and oxygen atoms in total. The normalized spacial score (nSPS) is 10.2. The van der Waals surface area contributed by atoms with Gasteiger partial charge in [0.2, 0.25) is 0 Å². The molecule has 0 saturated heterocycles. The lowest BCUT2D eigenvalue weighted by molar-refractivity contribution is 0.306. The van der Waals surface area contributed by atoms with Gasteiger partial charge in [0, 0.05) is 11.8 Å². The number of benzene rings is 2. The third-order valence-electron chi connectivity index (χ3n) is 2.69. The summed E-state index contributed by atoms with van der Waals surface area (Å²) in [6.45, 7) is 2.73. The van der Waals surface area contributed by atoms with Crippen molar-refractivity contribution in [1.29, 1.82) is 0 Å². The Bertz CT molecular complexity index is 477. The third-order valence-corrected chi connectivity index (χ3v) is 2.69. The molecule has 0 aliphatic heterocycles. The minimum absolute atomic E-state index is 0.577. The topological polar surface area (TPSA) is 35.2 Å². The summed E-state index contributed by atoms with van der Waals surface area (Å²) in [5.41, 5.74) is 8.93. The molecule has 0 aromatic heterocycles. The van der Waals surface area contributed by atoms with E-state index in [-0.39, 0.29) is 0 Å². The Balaban J connectivity index is 1.97. The Kier molecular flexibility index (Phi) is 3.66. The molecule has 0 amide bonds. The van der Waals surface area contributed by atoms with Gasteiger partial charge in [-0.2, -0.15) is 0 Å². The fourth-order valence-corrected chi connectivity index (χ4v) is 1.64. The maximum atomic E-state index is 5.69. The average Bonchev–Trinajstić information content (AvgIpc) is 2.37. The zero-order chi connectivity index (χ0) is 12.1. The number of aryl methyl sites for hydroxylation is 1. The van der Waals surface area contributed by atoms with Crippen LogP contribution in [0.2, 0.25) is 0 Å². The van der Waals surface area contributed by atoms with Crippen LogP contribution in [0.1, 0.15) is 18.1 Å². The minimum Gasteiger partial charge on any atom is -0.489 e. The predicted octanol–water partition coefficient (Wildman–Crippen LogP) is 3.41. The SMILES string of the molecule is CCc1ccc(COc2cccc(N)c2)cc1. The molecule has 2 rings (SSSR count). The number of nitrogen functional groups attached to an aromatic ring is 1. The van der Waals surface area contributed by atoms with Crippen LogP contribution in [0.25, 0.3) is 0 Å². The van der Waals surface area contributed by atoms with Crippen LogP contribution in [0, 0.1) is 0 Å². The Labute approximate surface area is 102 Å². The van der Waals surface area contributed by atoms with E-state index < -0.39 is 0 Å². The first-order chi connectivity index (χ1) is 8.28. The summed E-state index contributed by atoms with van der Waals surface area (Å²) in [4.78, 5) is 0. The first-order valence-corrected chi connectivity index (χ1v) is 5.84. The lowest BCUT2D eigenvalue weighted by Crippen LogP contribution is -1.96. The molecule has 0 bridgehead atoms. The number of anilines is 1. The lowest BCUT2D eigenvalue weighted by atomic mass is 10.1. The van der Waals surface area contributed by atoms with Gasteiger partial charge < -0.3 is 10.5 Å². The summed E-state index contributed by atoms with van der Waals surface area (Å²) in [7, 11) is 0. The summed E-state index contributed by atoms with van der Waals surface area (Å²) in [5.74, 6) is 0.810. The quantitative estimate of drug-likeness (QED) is 0.812. The molecule has 0 aliphatic rings. The molecule has 0 spiro atoms. The molecule has 0 radical (unpaired) electrons. The third kappa shape index (κ3) is 3.25. The van der Waals surface area contributed by atoms with E-state index in [0.717, 1.165) is 17.9 Å². The van der Waals surface area contributed by atoms with Gasteiger partial charge in [-0.1, -0.05) is 37.3 Å². The van der Waals surface area contributed by atoms with Gasteiger partial charge in [-0.15, -0.1) is 0 Å². The molecule has 2 aromatic carbocycles. The smallest absolute Gasteiger partial charge is 0.121 e. The number of nitrogens with two attached hydrogens (primary N) is 1. The van der Waals surface area contributed by atoms with Crippen LogP contribution in [-0.4, -0.2) is 0 Å². The summed E-state index contributed by atoms with van der Waals surface area (Å²) in [5, 5.41) is 0. The summed E-state index contributed by atoms with van der Waals surface area (Å²) < 4.78 is 5.67. The second-order valence-corrected chi connectivity index (χ2v) is 4.03. The summed E-state index contributed by atoms with van der Waals surface area (Å²) in [6, 6.07) is 16.0. The molecule has 17 heavy (non-hydrogen) atoms. The van der Waals surface area contributed by atoms with Crippen molar-refractivity contribution in [3.05, 3.63) is 59.7 Å². The van der Waals surface area contributed by atoms with Gasteiger partial charge in [0.25, 0.3) is 0 Å².